The van der Waals surface area contributed by atoms with Crippen LogP contribution in [0.3, 0.4) is 0 Å². The van der Waals surface area contributed by atoms with Gasteiger partial charge in [0.2, 0.25) is 0 Å². The van der Waals surface area contributed by atoms with Crippen molar-refractivity contribution >= 4 is 32.1 Å². The van der Waals surface area contributed by atoms with Crippen molar-refractivity contribution < 1.29 is 0 Å². The van der Waals surface area contributed by atoms with E-state index in [1.807, 2.05) is 22.7 Å². The molecule has 92 valence electrons. The average Bonchev–Trinajstić information content (AvgIpc) is 2.75. The number of thiophene rings is 2. The number of hydrogen-bond acceptors (Lipinski definition) is 2. The molecule has 0 aliphatic carbocycles. The van der Waals surface area contributed by atoms with Crippen LogP contribution in [0.15, 0.2) is 24.3 Å². The third kappa shape index (κ3) is 1.80. The molecule has 18 heavy (non-hydrogen) atoms. The topological polar surface area (TPSA) is 0 Å². The predicted molar refractivity (Wildman–Crippen MR) is 84.1 cm³/mol. The molecule has 3 rings (SSSR count). The minimum absolute atomic E-state index is 1.34. The fraction of sp³-hybridized carbons (Fsp3) is 0.250. The van der Waals surface area contributed by atoms with Crippen molar-refractivity contribution in [3.05, 3.63) is 45.1 Å². The van der Waals surface area contributed by atoms with E-state index in [0.717, 1.165) is 0 Å². The molecular weight excluding hydrogens is 256 g/mol. The van der Waals surface area contributed by atoms with Crippen LogP contribution in [0.5, 0.6) is 0 Å². The lowest BCUT2D eigenvalue weighted by molar-refractivity contribution is 1.38. The Balaban J connectivity index is 2.33. The maximum absolute atomic E-state index is 2.31. The van der Waals surface area contributed by atoms with Gasteiger partial charge in [0.1, 0.15) is 0 Å². The first-order valence-corrected chi connectivity index (χ1v) is 7.76. The highest BCUT2D eigenvalue weighted by Gasteiger charge is 2.14. The highest BCUT2D eigenvalue weighted by atomic mass is 32.1. The molecule has 2 aromatic heterocycles. The zero-order valence-corrected chi connectivity index (χ0v) is 12.8. The van der Waals surface area contributed by atoms with E-state index < -0.39 is 0 Å². The van der Waals surface area contributed by atoms with Gasteiger partial charge in [0.05, 0.1) is 4.70 Å². The zero-order chi connectivity index (χ0) is 12.9. The lowest BCUT2D eigenvalue weighted by Crippen LogP contribution is -1.84. The Labute approximate surface area is 116 Å². The van der Waals surface area contributed by atoms with Gasteiger partial charge in [-0.25, -0.2) is 0 Å². The van der Waals surface area contributed by atoms with Crippen LogP contribution in [0.4, 0.5) is 0 Å². The van der Waals surface area contributed by atoms with Crippen LogP contribution in [-0.2, 0) is 0 Å². The Kier molecular flexibility index (Phi) is 2.80. The molecule has 0 fully saturated rings. The van der Waals surface area contributed by atoms with Gasteiger partial charge >= 0.3 is 0 Å². The number of rotatable bonds is 1. The van der Waals surface area contributed by atoms with Crippen molar-refractivity contribution in [2.24, 2.45) is 0 Å². The van der Waals surface area contributed by atoms with Crippen molar-refractivity contribution in [2.45, 2.75) is 27.7 Å². The summed E-state index contributed by atoms with van der Waals surface area (Å²) in [7, 11) is 0. The first-order valence-electron chi connectivity index (χ1n) is 6.13. The summed E-state index contributed by atoms with van der Waals surface area (Å²) in [5.74, 6) is 0. The summed E-state index contributed by atoms with van der Waals surface area (Å²) in [6.07, 6.45) is 0. The molecule has 0 radical (unpaired) electrons. The molecule has 1 aromatic carbocycles. The SMILES string of the molecule is Cc1ccc(-c2c(C)sc3cc(C)sc23)c(C)c1. The maximum Gasteiger partial charge on any atom is 0.0534 e. The van der Waals surface area contributed by atoms with E-state index in [9.17, 15) is 0 Å². The highest BCUT2D eigenvalue weighted by Crippen LogP contribution is 2.43. The van der Waals surface area contributed by atoms with E-state index in [2.05, 4.69) is 52.0 Å². The molecule has 0 aliphatic rings. The predicted octanol–water partition coefficient (Wildman–Crippen LogP) is 5.86. The lowest BCUT2D eigenvalue weighted by Gasteiger charge is -2.07. The van der Waals surface area contributed by atoms with Gasteiger partial charge < -0.3 is 0 Å². The smallest absolute Gasteiger partial charge is 0.0534 e. The number of hydrogen-bond donors (Lipinski definition) is 0. The van der Waals surface area contributed by atoms with Gasteiger partial charge in [-0.3, -0.25) is 0 Å². The summed E-state index contributed by atoms with van der Waals surface area (Å²) >= 11 is 3.84. The van der Waals surface area contributed by atoms with Gasteiger partial charge in [-0.15, -0.1) is 22.7 Å². The minimum atomic E-state index is 1.34. The summed E-state index contributed by atoms with van der Waals surface area (Å²) < 4.78 is 2.90. The van der Waals surface area contributed by atoms with E-state index in [0.29, 0.717) is 0 Å². The first kappa shape index (κ1) is 11.9. The van der Waals surface area contributed by atoms with E-state index in [4.69, 9.17) is 0 Å². The van der Waals surface area contributed by atoms with Gasteiger partial charge in [-0.2, -0.15) is 0 Å². The molecule has 0 saturated heterocycles. The second-order valence-electron chi connectivity index (χ2n) is 4.90. The van der Waals surface area contributed by atoms with Gasteiger partial charge in [0.15, 0.2) is 0 Å². The van der Waals surface area contributed by atoms with Gasteiger partial charge in [0.25, 0.3) is 0 Å². The van der Waals surface area contributed by atoms with Crippen molar-refractivity contribution in [1.82, 2.24) is 0 Å². The molecule has 0 saturated carbocycles. The number of fused-ring (bicyclic) bond motifs is 1. The second kappa shape index (κ2) is 4.22. The van der Waals surface area contributed by atoms with Crippen LogP contribution in [0.2, 0.25) is 0 Å². The molecule has 0 N–H and O–H groups in total. The quantitative estimate of drug-likeness (QED) is 0.520. The van der Waals surface area contributed by atoms with Crippen molar-refractivity contribution in [1.29, 1.82) is 0 Å². The lowest BCUT2D eigenvalue weighted by atomic mass is 9.99. The number of benzene rings is 1. The summed E-state index contributed by atoms with van der Waals surface area (Å²) in [6, 6.07) is 9.07. The van der Waals surface area contributed by atoms with Gasteiger partial charge in [-0.1, -0.05) is 23.8 Å². The van der Waals surface area contributed by atoms with Gasteiger partial charge in [-0.05, 0) is 44.9 Å². The van der Waals surface area contributed by atoms with Crippen molar-refractivity contribution in [3.63, 3.8) is 0 Å². The number of aryl methyl sites for hydroxylation is 4. The molecule has 2 heterocycles. The Morgan fingerprint density at radius 3 is 2.39 bits per heavy atom. The fourth-order valence-corrected chi connectivity index (χ4v) is 5.01. The molecule has 0 nitrogen and oxygen atoms in total. The van der Waals surface area contributed by atoms with Crippen LogP contribution in [-0.4, -0.2) is 0 Å². The van der Waals surface area contributed by atoms with Crippen LogP contribution >= 0.6 is 22.7 Å². The van der Waals surface area contributed by atoms with Crippen LogP contribution < -0.4 is 0 Å². The van der Waals surface area contributed by atoms with Crippen molar-refractivity contribution in [3.8, 4) is 11.1 Å². The maximum atomic E-state index is 2.31. The van der Waals surface area contributed by atoms with E-state index in [1.165, 1.54) is 41.4 Å². The first-order chi connectivity index (χ1) is 8.56. The standard InChI is InChI=1S/C16H16S2/c1-9-5-6-13(10(2)7-9)15-12(4)18-14-8-11(3)17-16(14)15/h5-8H,1-4H3. The van der Waals surface area contributed by atoms with E-state index >= 15 is 0 Å². The van der Waals surface area contributed by atoms with Crippen molar-refractivity contribution in [2.75, 3.05) is 0 Å². The Bertz CT molecular complexity index is 729. The summed E-state index contributed by atoms with van der Waals surface area (Å²) in [5.41, 5.74) is 5.56. The molecule has 0 amide bonds. The Morgan fingerprint density at radius 2 is 1.67 bits per heavy atom. The monoisotopic (exact) mass is 272 g/mol. The summed E-state index contributed by atoms with van der Waals surface area (Å²) in [5, 5.41) is 0. The summed E-state index contributed by atoms with van der Waals surface area (Å²) in [6.45, 7) is 8.80. The Morgan fingerprint density at radius 1 is 0.889 bits per heavy atom. The highest BCUT2D eigenvalue weighted by molar-refractivity contribution is 7.28. The molecule has 0 bridgehead atoms. The Hall–Kier alpha value is -1.12. The van der Waals surface area contributed by atoms with E-state index in [-0.39, 0.29) is 0 Å². The zero-order valence-electron chi connectivity index (χ0n) is 11.1. The molecule has 0 aliphatic heterocycles. The molecular formula is C16H16S2. The van der Waals surface area contributed by atoms with Gasteiger partial charge in [0, 0.05) is 20.0 Å². The molecule has 0 unspecified atom stereocenters. The average molecular weight is 272 g/mol. The van der Waals surface area contributed by atoms with E-state index in [1.54, 1.807) is 0 Å². The second-order valence-corrected chi connectivity index (χ2v) is 7.41. The largest absolute Gasteiger partial charge is 0.139 e. The fourth-order valence-electron chi connectivity index (χ4n) is 2.52. The molecule has 0 spiro atoms. The molecule has 0 atom stereocenters. The molecule has 3 aromatic rings. The van der Waals surface area contributed by atoms with Crippen LogP contribution in [0.1, 0.15) is 20.9 Å². The molecule has 2 heteroatoms. The van der Waals surface area contributed by atoms with Crippen LogP contribution in [0.25, 0.3) is 20.5 Å². The third-order valence-electron chi connectivity index (χ3n) is 3.31. The third-order valence-corrected chi connectivity index (χ3v) is 5.56. The van der Waals surface area contributed by atoms with Crippen LogP contribution in [0, 0.1) is 27.7 Å². The summed E-state index contributed by atoms with van der Waals surface area (Å²) in [4.78, 5) is 2.84. The minimum Gasteiger partial charge on any atom is -0.139 e. The normalized spacial score (nSPS) is 11.3.